The van der Waals surface area contributed by atoms with Crippen LogP contribution in [0.5, 0.6) is 5.88 Å². The predicted octanol–water partition coefficient (Wildman–Crippen LogP) is 2.47. The smallest absolute Gasteiger partial charge is 0.274 e. The Morgan fingerprint density at radius 2 is 2.05 bits per heavy atom. The van der Waals surface area contributed by atoms with Crippen LogP contribution in [0.4, 0.5) is 5.69 Å². The first-order chi connectivity index (χ1) is 9.88. The van der Waals surface area contributed by atoms with E-state index in [-0.39, 0.29) is 12.0 Å². The first-order valence-corrected chi connectivity index (χ1v) is 6.83. The minimum atomic E-state index is -0.275. The van der Waals surface area contributed by atoms with Gasteiger partial charge in [-0.1, -0.05) is 6.07 Å². The van der Waals surface area contributed by atoms with Gasteiger partial charge in [0, 0.05) is 13.1 Å². The van der Waals surface area contributed by atoms with Crippen LogP contribution in [0, 0.1) is 13.8 Å². The summed E-state index contributed by atoms with van der Waals surface area (Å²) in [6.07, 6.45) is 0.0126. The molecule has 0 atom stereocenters. The van der Waals surface area contributed by atoms with Gasteiger partial charge in [-0.3, -0.25) is 9.48 Å². The van der Waals surface area contributed by atoms with Gasteiger partial charge in [0.05, 0.1) is 23.2 Å². The number of amides is 1. The summed E-state index contributed by atoms with van der Waals surface area (Å²) in [5.41, 5.74) is 2.71. The Morgan fingerprint density at radius 3 is 2.62 bits per heavy atom. The summed E-state index contributed by atoms with van der Waals surface area (Å²) in [4.78, 5) is 16.5. The molecule has 0 aliphatic heterocycles. The summed E-state index contributed by atoms with van der Waals surface area (Å²) in [7, 11) is 1.84. The lowest BCUT2D eigenvalue weighted by Gasteiger charge is -2.10. The molecule has 112 valence electrons. The van der Waals surface area contributed by atoms with E-state index in [1.807, 2.05) is 34.7 Å². The predicted molar refractivity (Wildman–Crippen MR) is 80.6 cm³/mol. The third kappa shape index (κ3) is 3.39. The maximum Gasteiger partial charge on any atom is 0.274 e. The molecule has 0 aliphatic carbocycles. The second-order valence-electron chi connectivity index (χ2n) is 5.15. The average molecular weight is 288 g/mol. The summed E-state index contributed by atoms with van der Waals surface area (Å²) in [5.74, 6) is 0.167. The second kappa shape index (κ2) is 5.95. The Balaban J connectivity index is 2.20. The van der Waals surface area contributed by atoms with E-state index in [1.165, 1.54) is 0 Å². The van der Waals surface area contributed by atoms with Crippen LogP contribution in [0.1, 0.15) is 35.7 Å². The topological polar surface area (TPSA) is 69.0 Å². The van der Waals surface area contributed by atoms with Crippen molar-refractivity contribution in [3.05, 3.63) is 35.3 Å². The summed E-state index contributed by atoms with van der Waals surface area (Å²) < 4.78 is 7.23. The van der Waals surface area contributed by atoms with E-state index in [9.17, 15) is 4.79 Å². The molecule has 0 fully saturated rings. The molecule has 0 saturated heterocycles. The molecule has 6 heteroatoms. The molecular weight excluding hydrogens is 268 g/mol. The average Bonchev–Trinajstić information content (AvgIpc) is 2.65. The number of hydrogen-bond acceptors (Lipinski definition) is 4. The lowest BCUT2D eigenvalue weighted by atomic mass is 10.3. The Morgan fingerprint density at radius 1 is 1.33 bits per heavy atom. The molecule has 2 heterocycles. The van der Waals surface area contributed by atoms with Crippen LogP contribution in [0.15, 0.2) is 18.2 Å². The molecule has 1 N–H and O–H groups in total. The molecule has 0 unspecified atom stereocenters. The molecule has 0 aliphatic rings. The number of hydrogen-bond donors (Lipinski definition) is 1. The molecule has 21 heavy (non-hydrogen) atoms. The number of rotatable bonds is 4. The van der Waals surface area contributed by atoms with Crippen molar-refractivity contribution in [2.45, 2.75) is 33.8 Å². The van der Waals surface area contributed by atoms with Crippen molar-refractivity contribution in [3.8, 4) is 5.88 Å². The zero-order valence-electron chi connectivity index (χ0n) is 13.0. The lowest BCUT2D eigenvalue weighted by Crippen LogP contribution is -2.16. The van der Waals surface area contributed by atoms with Crippen molar-refractivity contribution >= 4 is 11.6 Å². The highest BCUT2D eigenvalue weighted by molar-refractivity contribution is 6.03. The molecule has 1 amide bonds. The molecule has 0 aromatic carbocycles. The summed E-state index contributed by atoms with van der Waals surface area (Å²) in [6.45, 7) is 7.59. The lowest BCUT2D eigenvalue weighted by molar-refractivity contribution is 0.102. The fourth-order valence-corrected chi connectivity index (χ4v) is 1.98. The van der Waals surface area contributed by atoms with Gasteiger partial charge in [0.2, 0.25) is 5.88 Å². The third-order valence-corrected chi connectivity index (χ3v) is 3.06. The minimum Gasteiger partial charge on any atom is -0.475 e. The Hall–Kier alpha value is -2.37. The SMILES string of the molecule is Cc1nn(C)c(C)c1NC(=O)c1cccc(OC(C)C)n1. The van der Waals surface area contributed by atoms with Crippen LogP contribution in [0.25, 0.3) is 0 Å². The number of ether oxygens (including phenoxy) is 1. The highest BCUT2D eigenvalue weighted by Crippen LogP contribution is 2.19. The van der Waals surface area contributed by atoms with Crippen LogP contribution < -0.4 is 10.1 Å². The standard InChI is InChI=1S/C15H20N4O2/c1-9(2)21-13-8-6-7-12(16-13)15(20)17-14-10(3)18-19(5)11(14)4/h6-9H,1-5H3,(H,17,20). The van der Waals surface area contributed by atoms with Gasteiger partial charge >= 0.3 is 0 Å². The fraction of sp³-hybridized carbons (Fsp3) is 0.400. The van der Waals surface area contributed by atoms with E-state index >= 15 is 0 Å². The molecular formula is C15H20N4O2. The first-order valence-electron chi connectivity index (χ1n) is 6.83. The van der Waals surface area contributed by atoms with Crippen molar-refractivity contribution in [2.24, 2.45) is 7.05 Å². The Kier molecular flexibility index (Phi) is 4.26. The molecule has 2 aromatic heterocycles. The van der Waals surface area contributed by atoms with E-state index in [0.717, 1.165) is 17.1 Å². The molecule has 0 radical (unpaired) electrons. The number of aryl methyl sites for hydroxylation is 2. The van der Waals surface area contributed by atoms with E-state index in [2.05, 4.69) is 15.4 Å². The quantitative estimate of drug-likeness (QED) is 0.938. The highest BCUT2D eigenvalue weighted by Gasteiger charge is 2.15. The van der Waals surface area contributed by atoms with Crippen molar-refractivity contribution in [2.75, 3.05) is 5.32 Å². The van der Waals surface area contributed by atoms with Gasteiger partial charge in [-0.25, -0.2) is 4.98 Å². The largest absolute Gasteiger partial charge is 0.475 e. The number of carbonyl (C=O) groups excluding carboxylic acids is 1. The zero-order valence-corrected chi connectivity index (χ0v) is 13.0. The van der Waals surface area contributed by atoms with Crippen LogP contribution in [-0.2, 0) is 7.05 Å². The second-order valence-corrected chi connectivity index (χ2v) is 5.15. The highest BCUT2D eigenvalue weighted by atomic mass is 16.5. The minimum absolute atomic E-state index is 0.0126. The van der Waals surface area contributed by atoms with Gasteiger partial charge in [-0.05, 0) is 33.8 Å². The van der Waals surface area contributed by atoms with Crippen molar-refractivity contribution < 1.29 is 9.53 Å². The Labute approximate surface area is 124 Å². The van der Waals surface area contributed by atoms with Crippen molar-refractivity contribution in [1.29, 1.82) is 0 Å². The number of aromatic nitrogens is 3. The van der Waals surface area contributed by atoms with Gasteiger partial charge < -0.3 is 10.1 Å². The van der Waals surface area contributed by atoms with Crippen LogP contribution in [-0.4, -0.2) is 26.8 Å². The van der Waals surface area contributed by atoms with Crippen LogP contribution in [0.2, 0.25) is 0 Å². The van der Waals surface area contributed by atoms with Crippen molar-refractivity contribution in [1.82, 2.24) is 14.8 Å². The zero-order chi connectivity index (χ0) is 15.6. The van der Waals surface area contributed by atoms with Gasteiger partial charge in [-0.15, -0.1) is 0 Å². The molecule has 0 saturated carbocycles. The first kappa shape index (κ1) is 15.0. The maximum atomic E-state index is 12.3. The molecule has 6 nitrogen and oxygen atoms in total. The van der Waals surface area contributed by atoms with E-state index in [1.54, 1.807) is 22.9 Å². The molecule has 2 aromatic rings. The monoisotopic (exact) mass is 288 g/mol. The Bertz CT molecular complexity index is 662. The third-order valence-electron chi connectivity index (χ3n) is 3.06. The van der Waals surface area contributed by atoms with E-state index in [0.29, 0.717) is 11.6 Å². The molecule has 0 spiro atoms. The number of anilines is 1. The van der Waals surface area contributed by atoms with Gasteiger partial charge in [0.25, 0.3) is 5.91 Å². The van der Waals surface area contributed by atoms with Crippen molar-refractivity contribution in [3.63, 3.8) is 0 Å². The summed E-state index contributed by atoms with van der Waals surface area (Å²) in [6, 6.07) is 5.14. The molecule has 2 rings (SSSR count). The number of nitrogens with one attached hydrogen (secondary N) is 1. The van der Waals surface area contributed by atoms with Gasteiger partial charge in [0.1, 0.15) is 5.69 Å². The summed E-state index contributed by atoms with van der Waals surface area (Å²) >= 11 is 0. The molecule has 0 bridgehead atoms. The number of pyridine rings is 1. The summed E-state index contributed by atoms with van der Waals surface area (Å²) in [5, 5.41) is 7.13. The van der Waals surface area contributed by atoms with Gasteiger partial charge in [0.15, 0.2) is 0 Å². The normalized spacial score (nSPS) is 10.8. The maximum absolute atomic E-state index is 12.3. The van der Waals surface area contributed by atoms with Gasteiger partial charge in [-0.2, -0.15) is 5.10 Å². The fourth-order valence-electron chi connectivity index (χ4n) is 1.98. The van der Waals surface area contributed by atoms with E-state index < -0.39 is 0 Å². The number of carbonyl (C=O) groups is 1. The van der Waals surface area contributed by atoms with Crippen LogP contribution >= 0.6 is 0 Å². The number of nitrogens with zero attached hydrogens (tertiary/aromatic N) is 3. The van der Waals surface area contributed by atoms with E-state index in [4.69, 9.17) is 4.74 Å². The van der Waals surface area contributed by atoms with Crippen LogP contribution in [0.3, 0.4) is 0 Å².